The quantitative estimate of drug-likeness (QED) is 0.686. The van der Waals surface area contributed by atoms with E-state index in [1.807, 2.05) is 0 Å². The van der Waals surface area contributed by atoms with E-state index in [2.05, 4.69) is 22.1 Å². The number of carbonyl (C=O) groups excluding carboxylic acids is 2. The highest BCUT2D eigenvalue weighted by molar-refractivity contribution is 6.03. The molecule has 1 saturated heterocycles. The highest BCUT2D eigenvalue weighted by Gasteiger charge is 2.34. The Hall–Kier alpha value is -3.61. The van der Waals surface area contributed by atoms with Gasteiger partial charge in [0.1, 0.15) is 29.8 Å². The van der Waals surface area contributed by atoms with Gasteiger partial charge in [-0.1, -0.05) is 11.8 Å². The van der Waals surface area contributed by atoms with Crippen LogP contribution >= 0.6 is 0 Å². The highest BCUT2D eigenvalue weighted by Crippen LogP contribution is 2.31. The lowest BCUT2D eigenvalue weighted by molar-refractivity contribution is -0.140. The van der Waals surface area contributed by atoms with Gasteiger partial charge in [0.2, 0.25) is 0 Å². The monoisotopic (exact) mass is 423 g/mol. The number of hydrogen-bond donors (Lipinski definition) is 2. The largest absolute Gasteiger partial charge is 0.497 e. The molecular weight excluding hydrogens is 402 g/mol. The van der Waals surface area contributed by atoms with Crippen LogP contribution in [0.1, 0.15) is 16.1 Å². The van der Waals surface area contributed by atoms with E-state index in [1.54, 1.807) is 31.3 Å². The third-order valence-corrected chi connectivity index (χ3v) is 4.98. The van der Waals surface area contributed by atoms with E-state index in [0.29, 0.717) is 22.7 Å². The van der Waals surface area contributed by atoms with Gasteiger partial charge in [0.05, 0.1) is 26.0 Å². The van der Waals surface area contributed by atoms with E-state index in [4.69, 9.17) is 14.2 Å². The molecule has 2 aliphatic heterocycles. The van der Waals surface area contributed by atoms with Gasteiger partial charge in [0.15, 0.2) is 5.60 Å². The zero-order valence-electron chi connectivity index (χ0n) is 17.0. The summed E-state index contributed by atoms with van der Waals surface area (Å²) in [5.41, 5.74) is 0.136. The summed E-state index contributed by atoms with van der Waals surface area (Å²) in [5, 5.41) is 12.7. The molecule has 0 bridgehead atoms. The molecule has 3 heterocycles. The number of amides is 2. The minimum absolute atomic E-state index is 0.0337. The predicted molar refractivity (Wildman–Crippen MR) is 110 cm³/mol. The summed E-state index contributed by atoms with van der Waals surface area (Å²) >= 11 is 0. The van der Waals surface area contributed by atoms with Crippen molar-refractivity contribution in [2.45, 2.75) is 11.6 Å². The van der Waals surface area contributed by atoms with Crippen molar-refractivity contribution in [2.24, 2.45) is 0 Å². The topological polar surface area (TPSA) is 110 Å². The molecule has 9 heteroatoms. The third-order valence-electron chi connectivity index (χ3n) is 4.98. The van der Waals surface area contributed by atoms with Crippen molar-refractivity contribution in [1.82, 2.24) is 10.3 Å². The first-order chi connectivity index (χ1) is 14.9. The van der Waals surface area contributed by atoms with Crippen LogP contribution < -0.4 is 19.7 Å². The summed E-state index contributed by atoms with van der Waals surface area (Å²) in [6.07, 6.45) is 1.45. The number of hydrogen-bond acceptors (Lipinski definition) is 7. The fraction of sp³-hybridized carbons (Fsp3) is 0.318. The molecule has 2 N–H and O–H groups in total. The van der Waals surface area contributed by atoms with Crippen LogP contribution in [0.5, 0.6) is 11.5 Å². The van der Waals surface area contributed by atoms with Crippen LogP contribution in [0, 0.1) is 11.8 Å². The number of aromatic nitrogens is 1. The summed E-state index contributed by atoms with van der Waals surface area (Å²) in [4.78, 5) is 31.0. The van der Waals surface area contributed by atoms with Crippen LogP contribution in [-0.2, 0) is 9.53 Å². The van der Waals surface area contributed by atoms with Crippen molar-refractivity contribution in [2.75, 3.05) is 38.9 Å². The number of methoxy groups -OCH3 is 1. The maximum atomic E-state index is 13.0. The molecule has 2 aromatic rings. The van der Waals surface area contributed by atoms with E-state index in [0.717, 1.165) is 0 Å². The van der Waals surface area contributed by atoms with Crippen molar-refractivity contribution in [3.05, 3.63) is 47.8 Å². The molecule has 0 aliphatic carbocycles. The molecule has 1 unspecified atom stereocenters. The fourth-order valence-corrected chi connectivity index (χ4v) is 3.13. The Morgan fingerprint density at radius 3 is 2.87 bits per heavy atom. The highest BCUT2D eigenvalue weighted by atomic mass is 16.5. The molecule has 0 radical (unpaired) electrons. The van der Waals surface area contributed by atoms with Crippen LogP contribution in [0.2, 0.25) is 0 Å². The van der Waals surface area contributed by atoms with Gasteiger partial charge in [-0.2, -0.15) is 0 Å². The van der Waals surface area contributed by atoms with Gasteiger partial charge in [0.25, 0.3) is 11.8 Å². The molecule has 31 heavy (non-hydrogen) atoms. The van der Waals surface area contributed by atoms with Gasteiger partial charge >= 0.3 is 0 Å². The fourth-order valence-electron chi connectivity index (χ4n) is 3.13. The van der Waals surface area contributed by atoms with Crippen LogP contribution in [-0.4, -0.2) is 67.5 Å². The molecular formula is C22H21N3O6. The second kappa shape index (κ2) is 8.26. The van der Waals surface area contributed by atoms with Gasteiger partial charge in [-0.25, -0.2) is 0 Å². The molecule has 2 aliphatic rings. The molecule has 0 saturated carbocycles. The third kappa shape index (κ3) is 4.30. The Morgan fingerprint density at radius 1 is 1.35 bits per heavy atom. The molecule has 1 aromatic heterocycles. The second-order valence-electron chi connectivity index (χ2n) is 7.27. The number of pyridine rings is 1. The van der Waals surface area contributed by atoms with E-state index in [9.17, 15) is 14.7 Å². The molecule has 1 aromatic carbocycles. The zero-order chi connectivity index (χ0) is 22.0. The van der Waals surface area contributed by atoms with Crippen LogP contribution in [0.25, 0.3) is 0 Å². The lowest BCUT2D eigenvalue weighted by Crippen LogP contribution is -2.49. The van der Waals surface area contributed by atoms with Crippen LogP contribution in [0.3, 0.4) is 0 Å². The van der Waals surface area contributed by atoms with Crippen LogP contribution in [0.15, 0.2) is 36.5 Å². The molecule has 9 nitrogen and oxygen atoms in total. The minimum Gasteiger partial charge on any atom is -0.497 e. The molecule has 4 rings (SSSR count). The number of carbonyl (C=O) groups is 2. The summed E-state index contributed by atoms with van der Waals surface area (Å²) in [6.45, 7) is 0.319. The number of aliphatic hydroxyl groups is 1. The zero-order valence-corrected chi connectivity index (χ0v) is 17.0. The minimum atomic E-state index is -1.13. The summed E-state index contributed by atoms with van der Waals surface area (Å²) < 4.78 is 15.9. The Kier molecular flexibility index (Phi) is 5.50. The average Bonchev–Trinajstić information content (AvgIpc) is 2.88. The van der Waals surface area contributed by atoms with Crippen molar-refractivity contribution < 1.29 is 28.9 Å². The van der Waals surface area contributed by atoms with Gasteiger partial charge < -0.3 is 29.5 Å². The maximum Gasteiger partial charge on any atom is 0.270 e. The number of likely N-dealkylation sites (N-methyl/N-ethyl adjacent to an activating group) is 1. The van der Waals surface area contributed by atoms with Crippen molar-refractivity contribution in [1.29, 1.82) is 0 Å². The van der Waals surface area contributed by atoms with Crippen molar-refractivity contribution in [3.63, 3.8) is 0 Å². The summed E-state index contributed by atoms with van der Waals surface area (Å²) in [5.74, 6) is 5.81. The first-order valence-electron chi connectivity index (χ1n) is 9.57. The predicted octanol–water partition coefficient (Wildman–Crippen LogP) is 0.357. The number of benzene rings is 1. The van der Waals surface area contributed by atoms with Crippen molar-refractivity contribution in [3.8, 4) is 23.3 Å². The summed E-state index contributed by atoms with van der Waals surface area (Å²) in [7, 11) is 3.09. The first kappa shape index (κ1) is 20.7. The smallest absolute Gasteiger partial charge is 0.270 e. The van der Waals surface area contributed by atoms with E-state index in [1.165, 1.54) is 24.3 Å². The molecule has 1 fully saturated rings. The normalized spacial score (nSPS) is 19.0. The van der Waals surface area contributed by atoms with E-state index >= 15 is 0 Å². The lowest BCUT2D eigenvalue weighted by Gasteiger charge is -2.30. The number of ether oxygens (including phenoxy) is 3. The Balaban J connectivity index is 1.51. The number of rotatable bonds is 3. The van der Waals surface area contributed by atoms with Crippen molar-refractivity contribution >= 4 is 17.5 Å². The number of fused-ring (bicyclic) bond motifs is 1. The second-order valence-corrected chi connectivity index (χ2v) is 7.27. The summed E-state index contributed by atoms with van der Waals surface area (Å²) in [6, 6.07) is 7.36. The average molecular weight is 423 g/mol. The Bertz CT molecular complexity index is 1090. The van der Waals surface area contributed by atoms with Gasteiger partial charge in [0, 0.05) is 24.9 Å². The molecule has 160 valence electrons. The molecule has 1 atom stereocenters. The lowest BCUT2D eigenvalue weighted by atomic mass is 10.0. The number of anilines is 1. The van der Waals surface area contributed by atoms with Gasteiger partial charge in [-0.15, -0.1) is 0 Å². The maximum absolute atomic E-state index is 13.0. The van der Waals surface area contributed by atoms with E-state index in [-0.39, 0.29) is 31.4 Å². The Labute approximate surface area is 178 Å². The SMILES string of the molecule is COc1ccnc(C(=O)NC2COc3ccc(C#CC4(O)COC4)cc3N(C)C2=O)c1. The number of nitrogens with one attached hydrogen (secondary N) is 1. The van der Waals surface area contributed by atoms with Gasteiger partial charge in [-0.05, 0) is 24.3 Å². The molecule has 0 spiro atoms. The Morgan fingerprint density at radius 2 is 2.16 bits per heavy atom. The molecule has 2 amide bonds. The van der Waals surface area contributed by atoms with Gasteiger partial charge in [-0.3, -0.25) is 14.6 Å². The first-order valence-corrected chi connectivity index (χ1v) is 9.57. The van der Waals surface area contributed by atoms with Crippen LogP contribution in [0.4, 0.5) is 5.69 Å². The number of nitrogens with zero attached hydrogens (tertiary/aromatic N) is 2. The van der Waals surface area contributed by atoms with E-state index < -0.39 is 17.6 Å². The standard InChI is InChI=1S/C22H21N3O6/c1-25-18-9-14(5-7-22(28)12-30-13-22)3-4-19(18)31-11-17(21(25)27)24-20(26)16-10-15(29-2)6-8-23-16/h3-4,6,8-10,17,28H,11-13H2,1-2H3,(H,24,26).